The zero-order valence-electron chi connectivity index (χ0n) is 6.89. The number of halogens is 2. The first-order valence-electron chi connectivity index (χ1n) is 3.91. The molecule has 0 N–H and O–H groups in total. The number of alkyl halides is 1. The Morgan fingerprint density at radius 1 is 1.58 bits per heavy atom. The third kappa shape index (κ3) is 1.91. The average Bonchev–Trinajstić information content (AvgIpc) is 2.67. The van der Waals surface area contributed by atoms with E-state index in [0.29, 0.717) is 19.3 Å². The summed E-state index contributed by atoms with van der Waals surface area (Å²) < 4.78 is 33.3. The Labute approximate surface area is 76.5 Å². The molecule has 1 atom stereocenters. The molecule has 2 nitrogen and oxygen atoms in total. The highest BCUT2D eigenvalue weighted by atomic mass is 35.7. The van der Waals surface area contributed by atoms with Crippen molar-refractivity contribution in [3.63, 3.8) is 0 Å². The molecule has 0 aromatic rings. The van der Waals surface area contributed by atoms with Crippen molar-refractivity contribution >= 4 is 19.7 Å². The van der Waals surface area contributed by atoms with Crippen LogP contribution in [0.4, 0.5) is 4.39 Å². The molecule has 0 heterocycles. The number of hydrogen-bond donors (Lipinski definition) is 0. The van der Waals surface area contributed by atoms with Crippen molar-refractivity contribution in [2.45, 2.75) is 30.9 Å². The third-order valence-corrected chi connectivity index (χ3v) is 4.90. The summed E-state index contributed by atoms with van der Waals surface area (Å²) in [6, 6.07) is 0. The van der Waals surface area contributed by atoms with Gasteiger partial charge in [-0.25, -0.2) is 8.42 Å². The predicted molar refractivity (Wildman–Crippen MR) is 46.5 cm³/mol. The Morgan fingerprint density at radius 2 is 2.08 bits per heavy atom. The van der Waals surface area contributed by atoms with E-state index in [1.54, 1.807) is 6.92 Å². The van der Waals surface area contributed by atoms with Gasteiger partial charge in [0.05, 0.1) is 11.4 Å². The number of rotatable bonds is 4. The van der Waals surface area contributed by atoms with Crippen LogP contribution < -0.4 is 0 Å². The minimum atomic E-state index is -3.49. The fourth-order valence-corrected chi connectivity index (χ4v) is 3.10. The van der Waals surface area contributed by atoms with Crippen LogP contribution in [0.5, 0.6) is 0 Å². The summed E-state index contributed by atoms with van der Waals surface area (Å²) in [5.41, 5.74) is 0. The van der Waals surface area contributed by atoms with Crippen LogP contribution in [0.2, 0.25) is 0 Å². The van der Waals surface area contributed by atoms with Gasteiger partial charge in [-0.1, -0.05) is 6.92 Å². The van der Waals surface area contributed by atoms with Gasteiger partial charge in [-0.3, -0.25) is 4.39 Å². The lowest BCUT2D eigenvalue weighted by molar-refractivity contribution is 0.357. The summed E-state index contributed by atoms with van der Waals surface area (Å²) in [5, 5.41) is 0. The zero-order chi connectivity index (χ0) is 9.41. The average molecular weight is 215 g/mol. The molecule has 1 fully saturated rings. The van der Waals surface area contributed by atoms with E-state index >= 15 is 0 Å². The van der Waals surface area contributed by atoms with Crippen LogP contribution in [0.25, 0.3) is 0 Å². The van der Waals surface area contributed by atoms with Gasteiger partial charge in [0, 0.05) is 10.7 Å². The molecule has 1 rings (SSSR count). The maximum absolute atomic E-state index is 12.1. The van der Waals surface area contributed by atoms with Gasteiger partial charge < -0.3 is 0 Å². The molecule has 12 heavy (non-hydrogen) atoms. The molecule has 0 aromatic heterocycles. The van der Waals surface area contributed by atoms with Crippen LogP contribution in [0.1, 0.15) is 26.2 Å². The molecule has 0 aliphatic heterocycles. The minimum Gasteiger partial charge on any atom is -0.251 e. The van der Waals surface area contributed by atoms with E-state index in [1.807, 2.05) is 0 Å². The van der Waals surface area contributed by atoms with E-state index in [0.717, 1.165) is 0 Å². The van der Waals surface area contributed by atoms with Crippen LogP contribution >= 0.6 is 10.7 Å². The summed E-state index contributed by atoms with van der Waals surface area (Å²) in [4.78, 5) is 0. The fourth-order valence-electron chi connectivity index (χ4n) is 1.38. The van der Waals surface area contributed by atoms with Crippen molar-refractivity contribution in [2.75, 3.05) is 6.67 Å². The van der Waals surface area contributed by atoms with E-state index in [4.69, 9.17) is 10.7 Å². The molecule has 0 aromatic carbocycles. The second kappa shape index (κ2) is 3.14. The molecule has 0 spiro atoms. The van der Waals surface area contributed by atoms with Gasteiger partial charge in [-0.05, 0) is 25.2 Å². The Bertz CT molecular complexity index is 259. The van der Waals surface area contributed by atoms with E-state index < -0.39 is 20.5 Å². The van der Waals surface area contributed by atoms with Crippen LogP contribution in [0.3, 0.4) is 0 Å². The SMILES string of the molecule is CC(CF)CC1(S(=O)(=O)Cl)CC1. The van der Waals surface area contributed by atoms with Crippen molar-refractivity contribution in [3.8, 4) is 0 Å². The Hall–Kier alpha value is 0.170. The van der Waals surface area contributed by atoms with Gasteiger partial charge in [0.1, 0.15) is 0 Å². The van der Waals surface area contributed by atoms with Crippen molar-refractivity contribution in [3.05, 3.63) is 0 Å². The lowest BCUT2D eigenvalue weighted by atomic mass is 10.1. The van der Waals surface area contributed by atoms with Crippen molar-refractivity contribution in [2.24, 2.45) is 5.92 Å². The van der Waals surface area contributed by atoms with Crippen molar-refractivity contribution < 1.29 is 12.8 Å². The molecule has 1 saturated carbocycles. The molecular formula is C7H12ClFO2S. The second-order valence-electron chi connectivity index (χ2n) is 3.58. The molecular weight excluding hydrogens is 203 g/mol. The quantitative estimate of drug-likeness (QED) is 0.672. The molecule has 1 unspecified atom stereocenters. The highest BCUT2D eigenvalue weighted by Crippen LogP contribution is 2.50. The Morgan fingerprint density at radius 3 is 2.33 bits per heavy atom. The first kappa shape index (κ1) is 10.3. The van der Waals surface area contributed by atoms with Gasteiger partial charge in [-0.2, -0.15) is 0 Å². The van der Waals surface area contributed by atoms with Crippen molar-refractivity contribution in [1.29, 1.82) is 0 Å². The molecule has 72 valence electrons. The van der Waals surface area contributed by atoms with E-state index in [1.165, 1.54) is 0 Å². The summed E-state index contributed by atoms with van der Waals surface area (Å²) in [5.74, 6) is -0.207. The number of hydrogen-bond acceptors (Lipinski definition) is 2. The minimum absolute atomic E-state index is 0.207. The van der Waals surface area contributed by atoms with E-state index in [9.17, 15) is 12.8 Å². The second-order valence-corrected chi connectivity index (χ2v) is 6.55. The first-order chi connectivity index (χ1) is 5.41. The van der Waals surface area contributed by atoms with Crippen molar-refractivity contribution in [1.82, 2.24) is 0 Å². The topological polar surface area (TPSA) is 34.1 Å². The van der Waals surface area contributed by atoms with Crippen LogP contribution in [0, 0.1) is 5.92 Å². The van der Waals surface area contributed by atoms with E-state index in [2.05, 4.69) is 0 Å². The third-order valence-electron chi connectivity index (χ3n) is 2.31. The summed E-state index contributed by atoms with van der Waals surface area (Å²) >= 11 is 0. The Kier molecular flexibility index (Phi) is 2.69. The van der Waals surface area contributed by atoms with E-state index in [-0.39, 0.29) is 5.92 Å². The van der Waals surface area contributed by atoms with Crippen LogP contribution in [-0.2, 0) is 9.05 Å². The predicted octanol–water partition coefficient (Wildman–Crippen LogP) is 2.08. The monoisotopic (exact) mass is 214 g/mol. The molecule has 5 heteroatoms. The first-order valence-corrected chi connectivity index (χ1v) is 6.22. The fraction of sp³-hybridized carbons (Fsp3) is 1.00. The maximum atomic E-state index is 12.1. The van der Waals surface area contributed by atoms with Crippen LogP contribution in [-0.4, -0.2) is 19.8 Å². The van der Waals surface area contributed by atoms with Gasteiger partial charge in [0.15, 0.2) is 0 Å². The van der Waals surface area contributed by atoms with Gasteiger partial charge in [0.2, 0.25) is 9.05 Å². The highest BCUT2D eigenvalue weighted by Gasteiger charge is 2.54. The molecule has 0 bridgehead atoms. The van der Waals surface area contributed by atoms with Crippen LogP contribution in [0.15, 0.2) is 0 Å². The smallest absolute Gasteiger partial charge is 0.238 e. The molecule has 0 amide bonds. The maximum Gasteiger partial charge on any atom is 0.238 e. The summed E-state index contributed by atoms with van der Waals surface area (Å²) in [6.07, 6.45) is 1.53. The van der Waals surface area contributed by atoms with Gasteiger partial charge in [0.25, 0.3) is 0 Å². The summed E-state index contributed by atoms with van der Waals surface area (Å²) in [6.45, 7) is 1.22. The largest absolute Gasteiger partial charge is 0.251 e. The van der Waals surface area contributed by atoms with Gasteiger partial charge >= 0.3 is 0 Å². The highest BCUT2D eigenvalue weighted by molar-refractivity contribution is 8.15. The van der Waals surface area contributed by atoms with Gasteiger partial charge in [-0.15, -0.1) is 0 Å². The molecule has 0 saturated heterocycles. The molecule has 1 aliphatic carbocycles. The Balaban J connectivity index is 2.63. The lowest BCUT2D eigenvalue weighted by Crippen LogP contribution is -2.21. The standard InChI is InChI=1S/C7H12ClFO2S/c1-6(5-9)4-7(2-3-7)12(8,10)11/h6H,2-5H2,1H3. The molecule has 0 radical (unpaired) electrons. The zero-order valence-corrected chi connectivity index (χ0v) is 8.46. The lowest BCUT2D eigenvalue weighted by Gasteiger charge is -2.14. The summed E-state index contributed by atoms with van der Waals surface area (Å²) in [7, 11) is 1.75. The normalized spacial score (nSPS) is 23.6. The molecule has 1 aliphatic rings.